The Morgan fingerprint density at radius 3 is 2.48 bits per heavy atom. The Balaban J connectivity index is 2.01. The second kappa shape index (κ2) is 11.4. The molecule has 0 bridgehead atoms. The number of rotatable bonds is 9. The zero-order valence-electron chi connectivity index (χ0n) is 19.8. The second-order valence-electron chi connectivity index (χ2n) is 8.00. The minimum absolute atomic E-state index is 0.0390. The fourth-order valence-electron chi connectivity index (χ4n) is 3.26. The molecular formula is C23H36N6O2. The van der Waals surface area contributed by atoms with Gasteiger partial charge in [-0.15, -0.1) is 0 Å². The summed E-state index contributed by atoms with van der Waals surface area (Å²) in [5, 5.41) is 11.3. The number of ether oxygens (including phenoxy) is 1. The van der Waals surface area contributed by atoms with Gasteiger partial charge in [-0.1, -0.05) is 12.1 Å². The van der Waals surface area contributed by atoms with E-state index in [9.17, 15) is 4.79 Å². The van der Waals surface area contributed by atoms with Gasteiger partial charge in [-0.25, -0.2) is 4.99 Å². The number of carbonyl (C=O) groups excluding carboxylic acids is 1. The zero-order valence-corrected chi connectivity index (χ0v) is 19.8. The number of amides is 1. The van der Waals surface area contributed by atoms with Gasteiger partial charge < -0.3 is 20.3 Å². The van der Waals surface area contributed by atoms with Crippen LogP contribution >= 0.6 is 0 Å². The summed E-state index contributed by atoms with van der Waals surface area (Å²) in [7, 11) is 7.09. The summed E-state index contributed by atoms with van der Waals surface area (Å²) in [5.41, 5.74) is 4.65. The van der Waals surface area contributed by atoms with Crippen LogP contribution in [0.5, 0.6) is 5.75 Å². The highest BCUT2D eigenvalue weighted by Gasteiger charge is 2.14. The maximum absolute atomic E-state index is 12.0. The van der Waals surface area contributed by atoms with Crippen molar-refractivity contribution in [3.63, 3.8) is 0 Å². The van der Waals surface area contributed by atoms with E-state index in [4.69, 9.17) is 4.74 Å². The van der Waals surface area contributed by atoms with Crippen molar-refractivity contribution in [3.8, 4) is 5.75 Å². The predicted octanol–water partition coefficient (Wildman–Crippen LogP) is 1.84. The molecule has 1 unspecified atom stereocenters. The van der Waals surface area contributed by atoms with Gasteiger partial charge >= 0.3 is 0 Å². The number of carbonyl (C=O) groups is 1. The molecule has 2 rings (SSSR count). The molecule has 0 saturated heterocycles. The lowest BCUT2D eigenvalue weighted by Crippen LogP contribution is -2.44. The third-order valence-electron chi connectivity index (χ3n) is 5.29. The molecule has 2 aromatic rings. The lowest BCUT2D eigenvalue weighted by atomic mass is 10.1. The molecular weight excluding hydrogens is 392 g/mol. The number of guanidine groups is 1. The largest absolute Gasteiger partial charge is 0.497 e. The fraction of sp³-hybridized carbons (Fsp3) is 0.522. The lowest BCUT2D eigenvalue weighted by molar-refractivity contribution is -0.127. The second-order valence-corrected chi connectivity index (χ2v) is 8.00. The van der Waals surface area contributed by atoms with Crippen molar-refractivity contribution in [1.29, 1.82) is 0 Å². The molecule has 1 atom stereocenters. The average molecular weight is 429 g/mol. The molecule has 0 aliphatic rings. The molecule has 0 saturated carbocycles. The number of hydrogen-bond acceptors (Lipinski definition) is 4. The van der Waals surface area contributed by atoms with Crippen molar-refractivity contribution < 1.29 is 9.53 Å². The summed E-state index contributed by atoms with van der Waals surface area (Å²) in [5.74, 6) is 1.44. The van der Waals surface area contributed by atoms with Crippen molar-refractivity contribution in [1.82, 2.24) is 25.3 Å². The van der Waals surface area contributed by atoms with Crippen molar-refractivity contribution in [2.24, 2.45) is 12.0 Å². The Bertz CT molecular complexity index is 886. The molecule has 0 aliphatic carbocycles. The molecule has 0 spiro atoms. The van der Waals surface area contributed by atoms with Gasteiger partial charge in [0.2, 0.25) is 5.91 Å². The van der Waals surface area contributed by atoms with Crippen LogP contribution < -0.4 is 15.4 Å². The van der Waals surface area contributed by atoms with Crippen molar-refractivity contribution in [3.05, 3.63) is 46.8 Å². The Morgan fingerprint density at radius 2 is 1.94 bits per heavy atom. The number of hydrogen-bond donors (Lipinski definition) is 2. The highest BCUT2D eigenvalue weighted by atomic mass is 16.5. The number of aromatic nitrogens is 2. The minimum atomic E-state index is -0.0390. The summed E-state index contributed by atoms with van der Waals surface area (Å²) >= 11 is 0. The molecule has 8 heteroatoms. The lowest BCUT2D eigenvalue weighted by Gasteiger charge is -2.19. The van der Waals surface area contributed by atoms with E-state index >= 15 is 0 Å². The molecule has 1 aromatic carbocycles. The van der Waals surface area contributed by atoms with Gasteiger partial charge in [0.15, 0.2) is 5.96 Å². The van der Waals surface area contributed by atoms with Crippen LogP contribution in [0.2, 0.25) is 0 Å². The Hall–Kier alpha value is -3.03. The van der Waals surface area contributed by atoms with Crippen LogP contribution in [-0.2, 0) is 24.7 Å². The standard InChI is InChI=1S/C23H36N6O2/c1-16(14-21-17(2)27-29(6)18(21)3)26-23(25-15-22(30)28(4)5)24-13-12-19-8-10-20(31-7)11-9-19/h8-11,16H,12-15H2,1-7H3,(H2,24,25,26). The molecule has 170 valence electrons. The highest BCUT2D eigenvalue weighted by molar-refractivity contribution is 5.84. The van der Waals surface area contributed by atoms with Gasteiger partial charge in [-0.2, -0.15) is 5.10 Å². The molecule has 0 aliphatic heterocycles. The molecule has 1 amide bonds. The minimum Gasteiger partial charge on any atom is -0.497 e. The number of aryl methyl sites for hydroxylation is 2. The highest BCUT2D eigenvalue weighted by Crippen LogP contribution is 2.14. The van der Waals surface area contributed by atoms with E-state index in [1.807, 2.05) is 30.8 Å². The monoisotopic (exact) mass is 428 g/mol. The SMILES string of the molecule is COc1ccc(CCNC(=NCC(=O)N(C)C)NC(C)Cc2c(C)nn(C)c2C)cc1. The quantitative estimate of drug-likeness (QED) is 0.470. The zero-order chi connectivity index (χ0) is 23.0. The number of nitrogens with one attached hydrogen (secondary N) is 2. The Labute approximate surface area is 185 Å². The van der Waals surface area contributed by atoms with E-state index in [2.05, 4.69) is 46.7 Å². The third-order valence-corrected chi connectivity index (χ3v) is 5.29. The summed E-state index contributed by atoms with van der Waals surface area (Å²) in [4.78, 5) is 18.1. The van der Waals surface area contributed by atoms with Crippen LogP contribution in [0.4, 0.5) is 0 Å². The van der Waals surface area contributed by atoms with Gasteiger partial charge in [-0.05, 0) is 56.9 Å². The first-order chi connectivity index (χ1) is 14.7. The molecule has 0 radical (unpaired) electrons. The summed E-state index contributed by atoms with van der Waals surface area (Å²) in [6.07, 6.45) is 1.66. The molecule has 8 nitrogen and oxygen atoms in total. The number of methoxy groups -OCH3 is 1. The van der Waals surface area contributed by atoms with E-state index < -0.39 is 0 Å². The van der Waals surface area contributed by atoms with Gasteiger partial charge in [0.1, 0.15) is 12.3 Å². The molecule has 1 aromatic heterocycles. The summed E-state index contributed by atoms with van der Waals surface area (Å²) in [6.45, 7) is 7.03. The van der Waals surface area contributed by atoms with Crippen molar-refractivity contribution in [2.45, 2.75) is 39.7 Å². The number of benzene rings is 1. The van der Waals surface area contributed by atoms with Gasteiger partial charge in [-0.3, -0.25) is 9.48 Å². The number of likely N-dealkylation sites (N-methyl/N-ethyl adjacent to an activating group) is 1. The Kier molecular flexibility index (Phi) is 8.90. The van der Waals surface area contributed by atoms with Crippen LogP contribution in [0.3, 0.4) is 0 Å². The summed E-state index contributed by atoms with van der Waals surface area (Å²) in [6, 6.07) is 8.15. The van der Waals surface area contributed by atoms with E-state index in [0.717, 1.165) is 24.3 Å². The first kappa shape index (κ1) is 24.2. The topological polar surface area (TPSA) is 83.8 Å². The predicted molar refractivity (Wildman–Crippen MR) is 125 cm³/mol. The normalized spacial score (nSPS) is 12.4. The molecule has 31 heavy (non-hydrogen) atoms. The fourth-order valence-corrected chi connectivity index (χ4v) is 3.26. The smallest absolute Gasteiger partial charge is 0.243 e. The van der Waals surface area contributed by atoms with Crippen molar-refractivity contribution >= 4 is 11.9 Å². The van der Waals surface area contributed by atoms with Gasteiger partial charge in [0.05, 0.1) is 12.8 Å². The van der Waals surface area contributed by atoms with E-state index in [-0.39, 0.29) is 18.5 Å². The molecule has 1 heterocycles. The molecule has 0 fully saturated rings. The first-order valence-electron chi connectivity index (χ1n) is 10.6. The maximum atomic E-state index is 12.0. The van der Waals surface area contributed by atoms with Crippen molar-refractivity contribution in [2.75, 3.05) is 34.3 Å². The number of aliphatic imine (C=N–C) groups is 1. The van der Waals surface area contributed by atoms with Crippen LogP contribution in [0.1, 0.15) is 29.4 Å². The van der Waals surface area contributed by atoms with Crippen LogP contribution in [0.15, 0.2) is 29.3 Å². The van der Waals surface area contributed by atoms with Crippen LogP contribution in [0, 0.1) is 13.8 Å². The Morgan fingerprint density at radius 1 is 1.26 bits per heavy atom. The third kappa shape index (κ3) is 7.31. The first-order valence-corrected chi connectivity index (χ1v) is 10.6. The summed E-state index contributed by atoms with van der Waals surface area (Å²) < 4.78 is 7.12. The van der Waals surface area contributed by atoms with Crippen LogP contribution in [0.25, 0.3) is 0 Å². The average Bonchev–Trinajstić information content (AvgIpc) is 2.97. The molecule has 2 N–H and O–H groups in total. The maximum Gasteiger partial charge on any atom is 0.243 e. The van der Waals surface area contributed by atoms with Crippen LogP contribution in [-0.4, -0.2) is 66.9 Å². The van der Waals surface area contributed by atoms with Gasteiger partial charge in [0, 0.05) is 39.4 Å². The van der Waals surface area contributed by atoms with Gasteiger partial charge in [0.25, 0.3) is 0 Å². The van der Waals surface area contributed by atoms with E-state index in [1.165, 1.54) is 16.8 Å². The number of nitrogens with zero attached hydrogens (tertiary/aromatic N) is 4. The van der Waals surface area contributed by atoms with E-state index in [0.29, 0.717) is 12.5 Å². The van der Waals surface area contributed by atoms with E-state index in [1.54, 1.807) is 26.1 Å².